The molecule has 10 heteroatoms. The molecule has 0 unspecified atom stereocenters. The number of halogens is 4. The first kappa shape index (κ1) is 17.2. The fourth-order valence-electron chi connectivity index (χ4n) is 1.94. The van der Waals surface area contributed by atoms with Crippen molar-refractivity contribution in [2.45, 2.75) is 6.36 Å². The molecule has 24 heavy (non-hydrogen) atoms. The summed E-state index contributed by atoms with van der Waals surface area (Å²) in [5.74, 6) is -3.90. The molecule has 126 valence electrons. The fourth-order valence-corrected chi connectivity index (χ4v) is 1.94. The molecule has 0 spiro atoms. The molecule has 0 radical (unpaired) electrons. The van der Waals surface area contributed by atoms with Crippen molar-refractivity contribution in [1.29, 1.82) is 0 Å². The summed E-state index contributed by atoms with van der Waals surface area (Å²) in [6.07, 6.45) is -4.94. The van der Waals surface area contributed by atoms with Crippen LogP contribution < -0.4 is 4.74 Å². The van der Waals surface area contributed by atoms with Crippen molar-refractivity contribution in [1.82, 2.24) is 0 Å². The zero-order valence-corrected chi connectivity index (χ0v) is 11.5. The number of carboxylic acid groups (broad SMARTS) is 1. The number of ether oxygens (including phenoxy) is 1. The van der Waals surface area contributed by atoms with E-state index in [0.717, 1.165) is 24.3 Å². The third kappa shape index (κ3) is 3.77. The average Bonchev–Trinajstić information content (AvgIpc) is 2.45. The molecule has 2 rings (SSSR count). The van der Waals surface area contributed by atoms with Crippen LogP contribution in [0.5, 0.6) is 5.75 Å². The van der Waals surface area contributed by atoms with Gasteiger partial charge < -0.3 is 9.84 Å². The second-order valence-corrected chi connectivity index (χ2v) is 4.49. The Kier molecular flexibility index (Phi) is 4.40. The minimum absolute atomic E-state index is 0.0117. The SMILES string of the molecule is O=C(O)c1cc(-c2cccc(OC(F)(F)F)c2)cc([N+](=O)[O-])c1F. The first-order valence-corrected chi connectivity index (χ1v) is 6.16. The van der Waals surface area contributed by atoms with Gasteiger partial charge in [0.25, 0.3) is 0 Å². The number of nitro benzene ring substituents is 1. The lowest BCUT2D eigenvalue weighted by atomic mass is 10.0. The van der Waals surface area contributed by atoms with Crippen LogP contribution in [0.15, 0.2) is 36.4 Å². The molecule has 0 amide bonds. The number of hydrogen-bond acceptors (Lipinski definition) is 4. The molecule has 0 heterocycles. The molecule has 0 bridgehead atoms. The molecule has 2 aromatic carbocycles. The minimum atomic E-state index is -4.94. The lowest BCUT2D eigenvalue weighted by Crippen LogP contribution is -2.17. The molecule has 1 N–H and O–H groups in total. The maximum Gasteiger partial charge on any atom is 0.573 e. The number of alkyl halides is 3. The molecule has 0 aromatic heterocycles. The highest BCUT2D eigenvalue weighted by Gasteiger charge is 2.31. The highest BCUT2D eigenvalue weighted by Crippen LogP contribution is 2.32. The van der Waals surface area contributed by atoms with E-state index in [1.54, 1.807) is 0 Å². The van der Waals surface area contributed by atoms with Gasteiger partial charge in [0.15, 0.2) is 0 Å². The van der Waals surface area contributed by atoms with E-state index >= 15 is 0 Å². The third-order valence-electron chi connectivity index (χ3n) is 2.88. The number of nitrogens with zero attached hydrogens (tertiary/aromatic N) is 1. The Morgan fingerprint density at radius 1 is 1.17 bits per heavy atom. The molecule has 2 aromatic rings. The van der Waals surface area contributed by atoms with Crippen molar-refractivity contribution in [3.63, 3.8) is 0 Å². The topological polar surface area (TPSA) is 89.7 Å². The second-order valence-electron chi connectivity index (χ2n) is 4.49. The summed E-state index contributed by atoms with van der Waals surface area (Å²) in [4.78, 5) is 20.7. The van der Waals surface area contributed by atoms with Gasteiger partial charge in [-0.1, -0.05) is 12.1 Å². The number of carboxylic acids is 1. The Balaban J connectivity index is 2.58. The zero-order chi connectivity index (χ0) is 18.1. The Hall–Kier alpha value is -3.17. The van der Waals surface area contributed by atoms with Gasteiger partial charge in [-0.3, -0.25) is 10.1 Å². The van der Waals surface area contributed by atoms with Crippen LogP contribution in [-0.4, -0.2) is 22.4 Å². The molecule has 0 aliphatic heterocycles. The van der Waals surface area contributed by atoms with E-state index < -0.39 is 40.1 Å². The van der Waals surface area contributed by atoms with Crippen LogP contribution in [0.25, 0.3) is 11.1 Å². The predicted molar refractivity (Wildman–Crippen MR) is 72.1 cm³/mol. The monoisotopic (exact) mass is 345 g/mol. The minimum Gasteiger partial charge on any atom is -0.478 e. The summed E-state index contributed by atoms with van der Waals surface area (Å²) in [6.45, 7) is 0. The summed E-state index contributed by atoms with van der Waals surface area (Å²) >= 11 is 0. The summed E-state index contributed by atoms with van der Waals surface area (Å²) in [5, 5.41) is 19.7. The van der Waals surface area contributed by atoms with Gasteiger partial charge in [-0.15, -0.1) is 13.2 Å². The van der Waals surface area contributed by atoms with Crippen LogP contribution in [0.4, 0.5) is 23.2 Å². The lowest BCUT2D eigenvalue weighted by Gasteiger charge is -2.10. The highest BCUT2D eigenvalue weighted by molar-refractivity contribution is 5.91. The summed E-state index contributed by atoms with van der Waals surface area (Å²) < 4.78 is 54.2. The first-order chi connectivity index (χ1) is 11.1. The smallest absolute Gasteiger partial charge is 0.478 e. The second kappa shape index (κ2) is 6.14. The third-order valence-corrected chi connectivity index (χ3v) is 2.88. The fraction of sp³-hybridized carbons (Fsp3) is 0.0714. The maximum absolute atomic E-state index is 13.8. The highest BCUT2D eigenvalue weighted by atomic mass is 19.4. The van der Waals surface area contributed by atoms with E-state index in [1.165, 1.54) is 12.1 Å². The van der Waals surface area contributed by atoms with Crippen molar-refractivity contribution in [3.05, 3.63) is 57.9 Å². The van der Waals surface area contributed by atoms with Crippen molar-refractivity contribution in [3.8, 4) is 16.9 Å². The van der Waals surface area contributed by atoms with Crippen LogP contribution in [0.1, 0.15) is 10.4 Å². The molecule has 0 aliphatic rings. The Morgan fingerprint density at radius 3 is 2.38 bits per heavy atom. The van der Waals surface area contributed by atoms with Crippen LogP contribution in [0.2, 0.25) is 0 Å². The molecular formula is C14H7F4NO5. The summed E-state index contributed by atoms with van der Waals surface area (Å²) in [7, 11) is 0. The average molecular weight is 345 g/mol. The predicted octanol–water partition coefficient (Wildman–Crippen LogP) is 4.00. The van der Waals surface area contributed by atoms with Gasteiger partial charge in [-0.25, -0.2) is 4.79 Å². The lowest BCUT2D eigenvalue weighted by molar-refractivity contribution is -0.387. The van der Waals surface area contributed by atoms with E-state index in [-0.39, 0.29) is 11.1 Å². The number of aromatic carboxylic acids is 1. The van der Waals surface area contributed by atoms with Gasteiger partial charge in [0.05, 0.1) is 4.92 Å². The van der Waals surface area contributed by atoms with E-state index in [2.05, 4.69) is 4.74 Å². The van der Waals surface area contributed by atoms with Crippen molar-refractivity contribution in [2.75, 3.05) is 0 Å². The van der Waals surface area contributed by atoms with E-state index in [9.17, 15) is 32.5 Å². The van der Waals surface area contributed by atoms with Crippen molar-refractivity contribution in [2.24, 2.45) is 0 Å². The molecule has 0 atom stereocenters. The standard InChI is InChI=1S/C14H7F4NO5/c15-12-10(13(20)21)5-8(6-11(12)19(22)23)7-2-1-3-9(4-7)24-14(16,17)18/h1-6H,(H,20,21). The number of benzene rings is 2. The zero-order valence-electron chi connectivity index (χ0n) is 11.5. The van der Waals surface area contributed by atoms with Crippen LogP contribution in [0, 0.1) is 15.9 Å². The largest absolute Gasteiger partial charge is 0.573 e. The van der Waals surface area contributed by atoms with E-state index in [4.69, 9.17) is 5.11 Å². The number of nitro groups is 1. The van der Waals surface area contributed by atoms with Gasteiger partial charge in [0.2, 0.25) is 5.82 Å². The number of hydrogen-bond donors (Lipinski definition) is 1. The summed E-state index contributed by atoms with van der Waals surface area (Å²) in [5.41, 5.74) is -2.23. The normalized spacial score (nSPS) is 11.2. The van der Waals surface area contributed by atoms with Crippen LogP contribution in [-0.2, 0) is 0 Å². The molecular weight excluding hydrogens is 338 g/mol. The van der Waals surface area contributed by atoms with Crippen molar-refractivity contribution >= 4 is 11.7 Å². The van der Waals surface area contributed by atoms with Crippen LogP contribution >= 0.6 is 0 Å². The first-order valence-electron chi connectivity index (χ1n) is 6.16. The molecule has 6 nitrogen and oxygen atoms in total. The van der Waals surface area contributed by atoms with Gasteiger partial charge >= 0.3 is 18.0 Å². The quantitative estimate of drug-likeness (QED) is 0.514. The van der Waals surface area contributed by atoms with Gasteiger partial charge in [-0.2, -0.15) is 4.39 Å². The van der Waals surface area contributed by atoms with Gasteiger partial charge in [0.1, 0.15) is 11.3 Å². The molecule has 0 saturated carbocycles. The Bertz CT molecular complexity index is 784. The molecule has 0 fully saturated rings. The van der Waals surface area contributed by atoms with Gasteiger partial charge in [-0.05, 0) is 29.3 Å². The molecule has 0 saturated heterocycles. The van der Waals surface area contributed by atoms with Crippen molar-refractivity contribution < 1.29 is 37.1 Å². The molecule has 0 aliphatic carbocycles. The van der Waals surface area contributed by atoms with E-state index in [0.29, 0.717) is 0 Å². The van der Waals surface area contributed by atoms with Crippen LogP contribution in [0.3, 0.4) is 0 Å². The van der Waals surface area contributed by atoms with E-state index in [1.807, 2.05) is 0 Å². The Labute approximate surface area is 131 Å². The maximum atomic E-state index is 13.8. The summed E-state index contributed by atoms with van der Waals surface area (Å²) in [6, 6.07) is 5.85. The Morgan fingerprint density at radius 2 is 1.83 bits per heavy atom. The number of carbonyl (C=O) groups is 1. The van der Waals surface area contributed by atoms with Gasteiger partial charge in [0, 0.05) is 6.07 Å². The number of rotatable bonds is 4.